The van der Waals surface area contributed by atoms with Gasteiger partial charge in [0.05, 0.1) is 11.4 Å². The molecule has 1 heterocycles. The summed E-state index contributed by atoms with van der Waals surface area (Å²) in [6.45, 7) is 9.12. The Balaban J connectivity index is 1.85. The molecule has 0 saturated carbocycles. The smallest absolute Gasteiger partial charge is 0.0604 e. The third-order valence-corrected chi connectivity index (χ3v) is 4.50. The maximum atomic E-state index is 3.66. The molecule has 0 saturated heterocycles. The fourth-order valence-electron chi connectivity index (χ4n) is 3.13. The third kappa shape index (κ3) is 4.37. The first kappa shape index (κ1) is 16.2. The first-order chi connectivity index (χ1) is 10.3. The number of rotatable bonds is 8. The van der Waals surface area contributed by atoms with E-state index in [0.29, 0.717) is 6.04 Å². The second-order valence-electron chi connectivity index (χ2n) is 6.10. The van der Waals surface area contributed by atoms with Crippen LogP contribution in [0.15, 0.2) is 24.3 Å². The van der Waals surface area contributed by atoms with E-state index in [9.17, 15) is 0 Å². The first-order valence-corrected chi connectivity index (χ1v) is 8.54. The Morgan fingerprint density at radius 2 is 1.90 bits per heavy atom. The van der Waals surface area contributed by atoms with E-state index in [-0.39, 0.29) is 0 Å². The van der Waals surface area contributed by atoms with Crippen LogP contribution in [0.5, 0.6) is 0 Å². The second kappa shape index (κ2) is 8.28. The van der Waals surface area contributed by atoms with Gasteiger partial charge in [0.1, 0.15) is 0 Å². The van der Waals surface area contributed by atoms with Crippen LogP contribution in [0.1, 0.15) is 39.5 Å². The highest BCUT2D eigenvalue weighted by atomic mass is 15.2. The number of para-hydroxylation sites is 2. The molecule has 0 bridgehead atoms. The molecule has 1 N–H and O–H groups in total. The van der Waals surface area contributed by atoms with Crippen molar-refractivity contribution in [3.05, 3.63) is 24.3 Å². The number of nitrogens with one attached hydrogen (secondary N) is 1. The predicted molar refractivity (Wildman–Crippen MR) is 93.5 cm³/mol. The molecule has 0 fully saturated rings. The number of fused-ring (bicyclic) bond motifs is 1. The Bertz CT molecular complexity index is 419. The molecule has 3 nitrogen and oxygen atoms in total. The Labute approximate surface area is 130 Å². The lowest BCUT2D eigenvalue weighted by Gasteiger charge is -2.37. The Morgan fingerprint density at radius 1 is 1.14 bits per heavy atom. The highest BCUT2D eigenvalue weighted by Gasteiger charge is 2.19. The van der Waals surface area contributed by atoms with E-state index in [4.69, 9.17) is 0 Å². The summed E-state index contributed by atoms with van der Waals surface area (Å²) >= 11 is 0. The number of benzene rings is 1. The molecule has 1 unspecified atom stereocenters. The van der Waals surface area contributed by atoms with Gasteiger partial charge in [-0.25, -0.2) is 0 Å². The summed E-state index contributed by atoms with van der Waals surface area (Å²) in [5.41, 5.74) is 2.78. The van der Waals surface area contributed by atoms with Crippen LogP contribution < -0.4 is 15.1 Å². The zero-order valence-corrected chi connectivity index (χ0v) is 13.9. The summed E-state index contributed by atoms with van der Waals surface area (Å²) in [5.74, 6) is 0. The van der Waals surface area contributed by atoms with E-state index in [1.165, 1.54) is 43.6 Å². The van der Waals surface area contributed by atoms with Crippen molar-refractivity contribution >= 4 is 11.4 Å². The number of anilines is 2. The Hall–Kier alpha value is -1.22. The summed E-state index contributed by atoms with van der Waals surface area (Å²) in [6, 6.07) is 9.48. The summed E-state index contributed by atoms with van der Waals surface area (Å²) in [5, 5.41) is 3.66. The summed E-state index contributed by atoms with van der Waals surface area (Å²) in [6.07, 6.45) is 5.01. The monoisotopic (exact) mass is 289 g/mol. The van der Waals surface area contributed by atoms with Crippen LogP contribution in [-0.4, -0.2) is 39.3 Å². The molecule has 2 rings (SSSR count). The Kier molecular flexibility index (Phi) is 6.37. The quantitative estimate of drug-likeness (QED) is 0.790. The maximum Gasteiger partial charge on any atom is 0.0604 e. The molecule has 0 aliphatic carbocycles. The van der Waals surface area contributed by atoms with Crippen molar-refractivity contribution in [3.8, 4) is 0 Å². The molecule has 3 heteroatoms. The van der Waals surface area contributed by atoms with Crippen molar-refractivity contribution in [3.63, 3.8) is 0 Å². The Morgan fingerprint density at radius 3 is 2.62 bits per heavy atom. The standard InChI is InChI=1S/C18H31N3/c1-4-12-19-16(5-2)9-8-13-21-15-14-20(3)17-10-6-7-11-18(17)21/h6-7,10-11,16,19H,4-5,8-9,12-15H2,1-3H3. The average molecular weight is 289 g/mol. The average Bonchev–Trinajstić information content (AvgIpc) is 2.53. The van der Waals surface area contributed by atoms with Crippen LogP contribution in [0.2, 0.25) is 0 Å². The van der Waals surface area contributed by atoms with Gasteiger partial charge in [0, 0.05) is 32.7 Å². The fraction of sp³-hybridized carbons (Fsp3) is 0.667. The van der Waals surface area contributed by atoms with Crippen molar-refractivity contribution in [2.45, 2.75) is 45.6 Å². The van der Waals surface area contributed by atoms with E-state index < -0.39 is 0 Å². The minimum atomic E-state index is 0.688. The highest BCUT2D eigenvalue weighted by Crippen LogP contribution is 2.31. The summed E-state index contributed by atoms with van der Waals surface area (Å²) in [4.78, 5) is 4.92. The van der Waals surface area contributed by atoms with Crippen molar-refractivity contribution in [2.24, 2.45) is 0 Å². The SMILES string of the molecule is CCCNC(CC)CCCN1CCN(C)c2ccccc21. The lowest BCUT2D eigenvalue weighted by Crippen LogP contribution is -2.40. The van der Waals surface area contributed by atoms with E-state index in [1.807, 2.05) is 0 Å². The minimum Gasteiger partial charge on any atom is -0.371 e. The van der Waals surface area contributed by atoms with Crippen LogP contribution in [0.4, 0.5) is 11.4 Å². The lowest BCUT2D eigenvalue weighted by molar-refractivity contribution is 0.454. The van der Waals surface area contributed by atoms with Gasteiger partial charge >= 0.3 is 0 Å². The molecule has 21 heavy (non-hydrogen) atoms. The van der Waals surface area contributed by atoms with E-state index >= 15 is 0 Å². The second-order valence-corrected chi connectivity index (χ2v) is 6.10. The van der Waals surface area contributed by atoms with Gasteiger partial charge < -0.3 is 15.1 Å². The highest BCUT2D eigenvalue weighted by molar-refractivity contribution is 5.72. The van der Waals surface area contributed by atoms with Gasteiger partial charge in [-0.15, -0.1) is 0 Å². The molecule has 1 aliphatic rings. The number of hydrogen-bond acceptors (Lipinski definition) is 3. The molecular formula is C18H31N3. The van der Waals surface area contributed by atoms with Gasteiger partial charge in [0.15, 0.2) is 0 Å². The van der Waals surface area contributed by atoms with E-state index in [0.717, 1.165) is 19.6 Å². The topological polar surface area (TPSA) is 18.5 Å². The van der Waals surface area contributed by atoms with Gasteiger partial charge in [-0.3, -0.25) is 0 Å². The maximum absolute atomic E-state index is 3.66. The molecule has 1 aromatic rings. The summed E-state index contributed by atoms with van der Waals surface area (Å²) < 4.78 is 0. The van der Waals surface area contributed by atoms with Gasteiger partial charge in [-0.05, 0) is 44.4 Å². The van der Waals surface area contributed by atoms with Crippen molar-refractivity contribution in [2.75, 3.05) is 43.0 Å². The van der Waals surface area contributed by atoms with E-state index in [1.54, 1.807) is 0 Å². The van der Waals surface area contributed by atoms with Crippen LogP contribution in [0.25, 0.3) is 0 Å². The molecular weight excluding hydrogens is 258 g/mol. The number of likely N-dealkylation sites (N-methyl/N-ethyl adjacent to an activating group) is 1. The zero-order chi connectivity index (χ0) is 15.1. The first-order valence-electron chi connectivity index (χ1n) is 8.54. The number of nitrogens with zero attached hydrogens (tertiary/aromatic N) is 2. The molecule has 1 atom stereocenters. The fourth-order valence-corrected chi connectivity index (χ4v) is 3.13. The molecule has 0 aromatic heterocycles. The summed E-state index contributed by atoms with van der Waals surface area (Å²) in [7, 11) is 2.19. The third-order valence-electron chi connectivity index (χ3n) is 4.50. The van der Waals surface area contributed by atoms with Crippen LogP contribution in [0.3, 0.4) is 0 Å². The van der Waals surface area contributed by atoms with E-state index in [2.05, 4.69) is 60.3 Å². The van der Waals surface area contributed by atoms with Gasteiger partial charge in [0.25, 0.3) is 0 Å². The predicted octanol–water partition coefficient (Wildman–Crippen LogP) is 3.50. The van der Waals surface area contributed by atoms with Gasteiger partial charge in [0.2, 0.25) is 0 Å². The van der Waals surface area contributed by atoms with Crippen molar-refractivity contribution < 1.29 is 0 Å². The molecule has 118 valence electrons. The molecule has 1 aromatic carbocycles. The molecule has 1 aliphatic heterocycles. The molecule has 0 amide bonds. The van der Waals surface area contributed by atoms with Crippen LogP contribution in [-0.2, 0) is 0 Å². The van der Waals surface area contributed by atoms with Crippen molar-refractivity contribution in [1.82, 2.24) is 5.32 Å². The van der Waals surface area contributed by atoms with Gasteiger partial charge in [-0.1, -0.05) is 26.0 Å². The van der Waals surface area contributed by atoms with Crippen LogP contribution >= 0.6 is 0 Å². The normalized spacial score (nSPS) is 16.0. The van der Waals surface area contributed by atoms with Gasteiger partial charge in [-0.2, -0.15) is 0 Å². The molecule has 0 radical (unpaired) electrons. The largest absolute Gasteiger partial charge is 0.371 e. The van der Waals surface area contributed by atoms with Crippen LogP contribution in [0, 0.1) is 0 Å². The minimum absolute atomic E-state index is 0.688. The number of hydrogen-bond donors (Lipinski definition) is 1. The molecule has 0 spiro atoms. The van der Waals surface area contributed by atoms with Crippen molar-refractivity contribution in [1.29, 1.82) is 0 Å². The zero-order valence-electron chi connectivity index (χ0n) is 13.9. The lowest BCUT2D eigenvalue weighted by atomic mass is 10.1.